The van der Waals surface area contributed by atoms with Crippen molar-refractivity contribution >= 4 is 17.6 Å². The summed E-state index contributed by atoms with van der Waals surface area (Å²) in [6, 6.07) is 4.79. The zero-order valence-corrected chi connectivity index (χ0v) is 10.7. The van der Waals surface area contributed by atoms with Crippen molar-refractivity contribution in [3.05, 3.63) is 34.6 Å². The molecule has 1 aromatic rings. The summed E-state index contributed by atoms with van der Waals surface area (Å²) in [7, 11) is 0. The molecule has 3 nitrogen and oxygen atoms in total. The molecule has 0 atom stereocenters. The minimum absolute atomic E-state index is 0.128. The molecule has 5 heteroatoms. The molecule has 1 fully saturated rings. The van der Waals surface area contributed by atoms with Gasteiger partial charge >= 0.3 is 5.97 Å². The van der Waals surface area contributed by atoms with E-state index in [4.69, 9.17) is 16.7 Å². The van der Waals surface area contributed by atoms with Crippen LogP contribution in [-0.4, -0.2) is 29.1 Å². The third kappa shape index (κ3) is 3.21. The van der Waals surface area contributed by atoms with Crippen LogP contribution in [0.1, 0.15) is 18.4 Å². The van der Waals surface area contributed by atoms with Crippen molar-refractivity contribution in [3.63, 3.8) is 0 Å². The van der Waals surface area contributed by atoms with Gasteiger partial charge in [0, 0.05) is 6.54 Å². The van der Waals surface area contributed by atoms with Crippen LogP contribution in [-0.2, 0) is 11.3 Å². The Bertz CT molecular complexity index is 445. The Kier molecular flexibility index (Phi) is 4.19. The zero-order valence-electron chi connectivity index (χ0n) is 9.90. The van der Waals surface area contributed by atoms with Gasteiger partial charge in [0.05, 0.1) is 10.9 Å². The topological polar surface area (TPSA) is 40.5 Å². The van der Waals surface area contributed by atoms with Crippen molar-refractivity contribution in [3.8, 4) is 0 Å². The van der Waals surface area contributed by atoms with Gasteiger partial charge in [0.1, 0.15) is 5.82 Å². The summed E-state index contributed by atoms with van der Waals surface area (Å²) in [5.74, 6) is -1.36. The van der Waals surface area contributed by atoms with Crippen LogP contribution in [0.3, 0.4) is 0 Å². The molecule has 18 heavy (non-hydrogen) atoms. The fourth-order valence-corrected chi connectivity index (χ4v) is 2.35. The molecule has 0 unspecified atom stereocenters. The summed E-state index contributed by atoms with van der Waals surface area (Å²) in [6.07, 6.45) is 1.32. The number of carbonyl (C=O) groups is 1. The SMILES string of the molecule is O=C(O)C1CCN(Cc2ccc(Cl)c(F)c2)CC1. The van der Waals surface area contributed by atoms with E-state index in [0.717, 1.165) is 18.7 Å². The van der Waals surface area contributed by atoms with Crippen molar-refractivity contribution < 1.29 is 14.3 Å². The summed E-state index contributed by atoms with van der Waals surface area (Å²) >= 11 is 5.62. The molecule has 0 amide bonds. The van der Waals surface area contributed by atoms with Gasteiger partial charge in [0.15, 0.2) is 0 Å². The number of halogens is 2. The van der Waals surface area contributed by atoms with Gasteiger partial charge in [-0.3, -0.25) is 9.69 Å². The number of rotatable bonds is 3. The van der Waals surface area contributed by atoms with Gasteiger partial charge in [0.25, 0.3) is 0 Å². The number of hydrogen-bond donors (Lipinski definition) is 1. The number of likely N-dealkylation sites (tertiary alicyclic amines) is 1. The second-order valence-electron chi connectivity index (χ2n) is 4.64. The molecule has 1 aliphatic rings. The fraction of sp³-hybridized carbons (Fsp3) is 0.462. The highest BCUT2D eigenvalue weighted by molar-refractivity contribution is 6.30. The van der Waals surface area contributed by atoms with E-state index < -0.39 is 11.8 Å². The van der Waals surface area contributed by atoms with Gasteiger partial charge in [-0.05, 0) is 43.6 Å². The summed E-state index contributed by atoms with van der Waals surface area (Å²) in [5.41, 5.74) is 0.866. The Labute approximate surface area is 110 Å². The highest BCUT2D eigenvalue weighted by atomic mass is 35.5. The number of nitrogens with zero attached hydrogens (tertiary/aromatic N) is 1. The lowest BCUT2D eigenvalue weighted by Gasteiger charge is -2.30. The average molecular weight is 272 g/mol. The Morgan fingerprint density at radius 1 is 1.44 bits per heavy atom. The molecule has 1 aromatic carbocycles. The number of benzene rings is 1. The van der Waals surface area contributed by atoms with Crippen LogP contribution in [0.2, 0.25) is 5.02 Å². The monoisotopic (exact) mass is 271 g/mol. The van der Waals surface area contributed by atoms with Crippen LogP contribution < -0.4 is 0 Å². The van der Waals surface area contributed by atoms with Crippen molar-refractivity contribution in [2.24, 2.45) is 5.92 Å². The van der Waals surface area contributed by atoms with Gasteiger partial charge in [-0.2, -0.15) is 0 Å². The maximum atomic E-state index is 13.3. The number of carboxylic acid groups (broad SMARTS) is 1. The van der Waals surface area contributed by atoms with Crippen LogP contribution in [0.5, 0.6) is 0 Å². The number of piperidine rings is 1. The van der Waals surface area contributed by atoms with Gasteiger partial charge in [0.2, 0.25) is 0 Å². The first kappa shape index (κ1) is 13.3. The lowest BCUT2D eigenvalue weighted by molar-refractivity contribution is -0.143. The highest BCUT2D eigenvalue weighted by Crippen LogP contribution is 2.21. The summed E-state index contributed by atoms with van der Waals surface area (Å²) in [5, 5.41) is 9.03. The van der Waals surface area contributed by atoms with Crippen LogP contribution >= 0.6 is 11.6 Å². The van der Waals surface area contributed by atoms with E-state index in [9.17, 15) is 9.18 Å². The Morgan fingerprint density at radius 3 is 2.67 bits per heavy atom. The molecular weight excluding hydrogens is 257 g/mol. The molecule has 1 saturated heterocycles. The Morgan fingerprint density at radius 2 is 2.11 bits per heavy atom. The maximum absolute atomic E-state index is 13.3. The smallest absolute Gasteiger partial charge is 0.306 e. The van der Waals surface area contributed by atoms with Crippen molar-refractivity contribution in [1.82, 2.24) is 4.90 Å². The van der Waals surface area contributed by atoms with Crippen LogP contribution in [0.25, 0.3) is 0 Å². The van der Waals surface area contributed by atoms with Crippen molar-refractivity contribution in [2.45, 2.75) is 19.4 Å². The summed E-state index contributed by atoms with van der Waals surface area (Å²) in [6.45, 7) is 2.11. The molecule has 0 aliphatic carbocycles. The lowest BCUT2D eigenvalue weighted by Crippen LogP contribution is -2.35. The molecule has 1 aliphatic heterocycles. The third-order valence-electron chi connectivity index (χ3n) is 3.33. The quantitative estimate of drug-likeness (QED) is 0.919. The molecule has 1 heterocycles. The van der Waals surface area contributed by atoms with Crippen LogP contribution in [0.15, 0.2) is 18.2 Å². The van der Waals surface area contributed by atoms with E-state index in [1.54, 1.807) is 12.1 Å². The van der Waals surface area contributed by atoms with E-state index >= 15 is 0 Å². The van der Waals surface area contributed by atoms with E-state index in [2.05, 4.69) is 4.90 Å². The van der Waals surface area contributed by atoms with E-state index in [0.29, 0.717) is 19.4 Å². The number of hydrogen-bond acceptors (Lipinski definition) is 2. The normalized spacial score (nSPS) is 17.9. The minimum Gasteiger partial charge on any atom is -0.481 e. The maximum Gasteiger partial charge on any atom is 0.306 e. The van der Waals surface area contributed by atoms with Crippen LogP contribution in [0, 0.1) is 11.7 Å². The molecular formula is C13H15ClFNO2. The highest BCUT2D eigenvalue weighted by Gasteiger charge is 2.24. The van der Waals surface area contributed by atoms with Crippen molar-refractivity contribution in [1.29, 1.82) is 0 Å². The van der Waals surface area contributed by atoms with E-state index in [1.165, 1.54) is 6.07 Å². The second-order valence-corrected chi connectivity index (χ2v) is 5.04. The molecule has 0 bridgehead atoms. The van der Waals surface area contributed by atoms with Gasteiger partial charge in [-0.15, -0.1) is 0 Å². The largest absolute Gasteiger partial charge is 0.481 e. The molecule has 0 aromatic heterocycles. The third-order valence-corrected chi connectivity index (χ3v) is 3.63. The van der Waals surface area contributed by atoms with Gasteiger partial charge < -0.3 is 5.11 Å². The molecule has 0 saturated carbocycles. The molecule has 98 valence electrons. The zero-order chi connectivity index (χ0) is 13.1. The number of carboxylic acids is 1. The fourth-order valence-electron chi connectivity index (χ4n) is 2.23. The standard InChI is InChI=1S/C13H15ClFNO2/c14-11-2-1-9(7-12(11)15)8-16-5-3-10(4-6-16)13(17)18/h1-2,7,10H,3-6,8H2,(H,17,18). The minimum atomic E-state index is -0.716. The molecule has 0 spiro atoms. The first-order chi connectivity index (χ1) is 8.56. The van der Waals surface area contributed by atoms with Gasteiger partial charge in [-0.25, -0.2) is 4.39 Å². The van der Waals surface area contributed by atoms with E-state index in [-0.39, 0.29) is 10.9 Å². The average Bonchev–Trinajstić information content (AvgIpc) is 2.34. The lowest BCUT2D eigenvalue weighted by atomic mass is 9.97. The molecule has 1 N–H and O–H groups in total. The first-order valence-corrected chi connectivity index (χ1v) is 6.33. The second kappa shape index (κ2) is 5.67. The first-order valence-electron chi connectivity index (χ1n) is 5.95. The summed E-state index contributed by atoms with van der Waals surface area (Å²) in [4.78, 5) is 13.0. The summed E-state index contributed by atoms with van der Waals surface area (Å²) < 4.78 is 13.3. The molecule has 2 rings (SSSR count). The predicted octanol–water partition coefficient (Wildman–Crippen LogP) is 2.78. The van der Waals surface area contributed by atoms with Crippen molar-refractivity contribution in [2.75, 3.05) is 13.1 Å². The van der Waals surface area contributed by atoms with Gasteiger partial charge in [-0.1, -0.05) is 17.7 Å². The Hall–Kier alpha value is -1.13. The predicted molar refractivity (Wildman–Crippen MR) is 67.0 cm³/mol. The van der Waals surface area contributed by atoms with E-state index in [1.807, 2.05) is 0 Å². The van der Waals surface area contributed by atoms with Crippen LogP contribution in [0.4, 0.5) is 4.39 Å². The Balaban J connectivity index is 1.91. The molecule has 0 radical (unpaired) electrons. The number of aliphatic carboxylic acids is 1.